The largest absolute Gasteiger partial charge is 0.496 e. The van der Waals surface area contributed by atoms with Crippen LogP contribution in [-0.2, 0) is 16.0 Å². The molecule has 2 fully saturated rings. The van der Waals surface area contributed by atoms with Crippen LogP contribution in [0.3, 0.4) is 0 Å². The van der Waals surface area contributed by atoms with E-state index in [2.05, 4.69) is 10.6 Å². The molecule has 0 spiro atoms. The number of piperidine rings is 1. The molecule has 42 heavy (non-hydrogen) atoms. The molecule has 2 aromatic rings. The van der Waals surface area contributed by atoms with E-state index in [0.29, 0.717) is 43.3 Å². The Balaban J connectivity index is 1.52. The molecule has 0 aromatic heterocycles. The molecule has 10 heteroatoms. The van der Waals surface area contributed by atoms with E-state index in [1.54, 1.807) is 19.2 Å². The highest BCUT2D eigenvalue weighted by atomic mass is 16.5. The minimum atomic E-state index is -0.618. The number of para-hydroxylation sites is 1. The molecule has 1 unspecified atom stereocenters. The fourth-order valence-corrected chi connectivity index (χ4v) is 6.21. The van der Waals surface area contributed by atoms with Crippen LogP contribution in [0.5, 0.6) is 5.75 Å². The molecule has 226 valence electrons. The number of nitrogens with two attached hydrogens (primary N) is 2. The van der Waals surface area contributed by atoms with Crippen LogP contribution < -0.4 is 26.8 Å². The van der Waals surface area contributed by atoms with Crippen molar-refractivity contribution in [2.45, 2.75) is 63.3 Å². The second-order valence-electron chi connectivity index (χ2n) is 11.6. The smallest absolute Gasteiger partial charge is 0.242 e. The van der Waals surface area contributed by atoms with Crippen LogP contribution in [0.1, 0.15) is 67.6 Å². The first kappa shape index (κ1) is 30.9. The number of guanidine groups is 1. The van der Waals surface area contributed by atoms with Gasteiger partial charge in [-0.15, -0.1) is 0 Å². The molecule has 1 saturated heterocycles. The number of benzene rings is 2. The molecule has 1 heterocycles. The lowest BCUT2D eigenvalue weighted by Crippen LogP contribution is -2.53. The van der Waals surface area contributed by atoms with Crippen molar-refractivity contribution in [1.82, 2.24) is 15.5 Å². The van der Waals surface area contributed by atoms with Gasteiger partial charge in [0.05, 0.1) is 13.0 Å². The number of amides is 2. The minimum Gasteiger partial charge on any atom is -0.496 e. The zero-order valence-corrected chi connectivity index (χ0v) is 24.5. The highest BCUT2D eigenvalue weighted by Crippen LogP contribution is 2.32. The highest BCUT2D eigenvalue weighted by molar-refractivity contribution is 5.95. The number of ether oxygens (including phenoxy) is 1. The fraction of sp³-hybridized carbons (Fsp3) is 0.500. The first-order chi connectivity index (χ1) is 20.3. The normalized spacial score (nSPS) is 17.6. The van der Waals surface area contributed by atoms with Crippen LogP contribution in [0.4, 0.5) is 0 Å². The summed E-state index contributed by atoms with van der Waals surface area (Å²) in [5.41, 5.74) is 13.6. The van der Waals surface area contributed by atoms with E-state index >= 15 is 0 Å². The number of rotatable bonds is 11. The monoisotopic (exact) mass is 575 g/mol. The standard InChI is InChI=1S/C32H45N7O3/c1-42-27-10-6-5-9-25(27)26(19-21-11-13-24(14-12-21)29(33)34)30(40)38-28(23-7-3-2-4-8-23)31(41)37-20-22-15-17-39(18-16-22)32(35)36/h5-6,9-14,22-23,26,28H,2-4,7-8,15-20H2,1H3,(H3,33,34)(H3,35,36)(H,37,41)(H,38,40)/t26?,28-/m0/s1. The number of nitrogens with one attached hydrogen (secondary N) is 4. The summed E-state index contributed by atoms with van der Waals surface area (Å²) >= 11 is 0. The Kier molecular flexibility index (Phi) is 10.8. The van der Waals surface area contributed by atoms with Crippen molar-refractivity contribution in [3.05, 3.63) is 65.2 Å². The van der Waals surface area contributed by atoms with Gasteiger partial charge in [0.25, 0.3) is 0 Å². The van der Waals surface area contributed by atoms with E-state index in [4.69, 9.17) is 27.0 Å². The number of amidine groups is 1. The number of likely N-dealkylation sites (tertiary alicyclic amines) is 1. The van der Waals surface area contributed by atoms with Crippen molar-refractivity contribution in [1.29, 1.82) is 10.8 Å². The van der Waals surface area contributed by atoms with Crippen LogP contribution in [0.25, 0.3) is 0 Å². The summed E-state index contributed by atoms with van der Waals surface area (Å²) in [7, 11) is 1.59. The SMILES string of the molecule is COc1ccccc1C(Cc1ccc(C(=N)N)cc1)C(=O)N[C@H](C(=O)NCC1CCN(C(=N)N)CC1)C1CCCCC1. The van der Waals surface area contributed by atoms with E-state index in [9.17, 15) is 9.59 Å². The Bertz CT molecular complexity index is 1230. The lowest BCUT2D eigenvalue weighted by molar-refractivity contribution is -0.131. The third-order valence-electron chi connectivity index (χ3n) is 8.76. The van der Waals surface area contributed by atoms with Gasteiger partial charge in [0.1, 0.15) is 17.6 Å². The lowest BCUT2D eigenvalue weighted by atomic mass is 9.82. The summed E-state index contributed by atoms with van der Waals surface area (Å²) in [5.74, 6) is 0.169. The molecule has 4 rings (SSSR count). The van der Waals surface area contributed by atoms with Crippen molar-refractivity contribution < 1.29 is 14.3 Å². The van der Waals surface area contributed by atoms with Crippen molar-refractivity contribution in [2.24, 2.45) is 23.3 Å². The topological polar surface area (TPSA) is 170 Å². The van der Waals surface area contributed by atoms with Gasteiger partial charge in [-0.05, 0) is 55.6 Å². The molecule has 1 aliphatic heterocycles. The maximum Gasteiger partial charge on any atom is 0.242 e. The fourth-order valence-electron chi connectivity index (χ4n) is 6.21. The number of carbonyl (C=O) groups is 2. The van der Waals surface area contributed by atoms with Gasteiger partial charge in [0.2, 0.25) is 11.8 Å². The molecule has 2 aliphatic rings. The van der Waals surface area contributed by atoms with Gasteiger partial charge in [-0.2, -0.15) is 0 Å². The Morgan fingerprint density at radius 3 is 2.24 bits per heavy atom. The van der Waals surface area contributed by atoms with E-state index in [-0.39, 0.29) is 29.5 Å². The van der Waals surface area contributed by atoms with Gasteiger partial charge in [-0.3, -0.25) is 20.4 Å². The van der Waals surface area contributed by atoms with Crippen molar-refractivity contribution in [2.75, 3.05) is 26.7 Å². The molecule has 0 radical (unpaired) electrons. The van der Waals surface area contributed by atoms with Gasteiger partial charge in [-0.1, -0.05) is 61.7 Å². The van der Waals surface area contributed by atoms with Crippen molar-refractivity contribution >= 4 is 23.6 Å². The number of methoxy groups -OCH3 is 1. The molecule has 1 aliphatic carbocycles. The van der Waals surface area contributed by atoms with Crippen molar-refractivity contribution in [3.63, 3.8) is 0 Å². The van der Waals surface area contributed by atoms with E-state index in [0.717, 1.165) is 56.1 Å². The predicted octanol–water partition coefficient (Wildman–Crippen LogP) is 3.09. The predicted molar refractivity (Wildman–Crippen MR) is 165 cm³/mol. The molecule has 2 atom stereocenters. The summed E-state index contributed by atoms with van der Waals surface area (Å²) in [6.45, 7) is 1.97. The molecule has 10 nitrogen and oxygen atoms in total. The number of hydrogen-bond donors (Lipinski definition) is 6. The average molecular weight is 576 g/mol. The summed E-state index contributed by atoms with van der Waals surface area (Å²) in [4.78, 5) is 29.7. The summed E-state index contributed by atoms with van der Waals surface area (Å²) < 4.78 is 5.63. The zero-order valence-electron chi connectivity index (χ0n) is 24.5. The van der Waals surface area contributed by atoms with Crippen molar-refractivity contribution in [3.8, 4) is 5.75 Å². The van der Waals surface area contributed by atoms with Crippen LogP contribution >= 0.6 is 0 Å². The first-order valence-corrected chi connectivity index (χ1v) is 15.0. The maximum atomic E-state index is 14.1. The van der Waals surface area contributed by atoms with Crippen LogP contribution in [-0.4, -0.2) is 61.3 Å². The number of hydrogen-bond acceptors (Lipinski definition) is 5. The van der Waals surface area contributed by atoms with E-state index in [1.807, 2.05) is 41.3 Å². The average Bonchev–Trinajstić information content (AvgIpc) is 3.02. The molecule has 1 saturated carbocycles. The van der Waals surface area contributed by atoms with Crippen LogP contribution in [0.2, 0.25) is 0 Å². The highest BCUT2D eigenvalue weighted by Gasteiger charge is 2.34. The molecule has 2 aromatic carbocycles. The third-order valence-corrected chi connectivity index (χ3v) is 8.76. The van der Waals surface area contributed by atoms with Gasteiger partial charge >= 0.3 is 0 Å². The Morgan fingerprint density at radius 2 is 1.62 bits per heavy atom. The molecule has 0 bridgehead atoms. The molecule has 8 N–H and O–H groups in total. The Labute approximate surface area is 248 Å². The molecule has 2 amide bonds. The summed E-state index contributed by atoms with van der Waals surface area (Å²) in [6, 6.07) is 14.2. The zero-order chi connectivity index (χ0) is 30.1. The quantitative estimate of drug-likeness (QED) is 0.178. The van der Waals surface area contributed by atoms with Crippen LogP contribution in [0.15, 0.2) is 48.5 Å². The first-order valence-electron chi connectivity index (χ1n) is 15.0. The third kappa shape index (κ3) is 8.02. The second-order valence-corrected chi connectivity index (χ2v) is 11.6. The Morgan fingerprint density at radius 1 is 0.952 bits per heavy atom. The van der Waals surface area contributed by atoms with E-state index < -0.39 is 12.0 Å². The second kappa shape index (κ2) is 14.7. The van der Waals surface area contributed by atoms with Gasteiger partial charge in [0, 0.05) is 30.8 Å². The summed E-state index contributed by atoms with van der Waals surface area (Å²) in [6.07, 6.45) is 7.17. The molecular weight excluding hydrogens is 530 g/mol. The van der Waals surface area contributed by atoms with E-state index in [1.165, 1.54) is 0 Å². The Hall–Kier alpha value is -4.08. The minimum absolute atomic E-state index is 0.00804. The van der Waals surface area contributed by atoms with Gasteiger partial charge in [0.15, 0.2) is 5.96 Å². The van der Waals surface area contributed by atoms with Gasteiger partial charge < -0.3 is 31.7 Å². The number of carbonyl (C=O) groups excluding carboxylic acids is 2. The lowest BCUT2D eigenvalue weighted by Gasteiger charge is -2.34. The van der Waals surface area contributed by atoms with Gasteiger partial charge in [-0.25, -0.2) is 0 Å². The number of nitrogen functional groups attached to an aromatic ring is 1. The van der Waals surface area contributed by atoms with Crippen LogP contribution in [0, 0.1) is 22.7 Å². The number of nitrogens with zero attached hydrogens (tertiary/aromatic N) is 1. The molecular formula is C32H45N7O3. The summed E-state index contributed by atoms with van der Waals surface area (Å²) in [5, 5.41) is 21.7. The maximum absolute atomic E-state index is 14.1.